The number of esters is 1. The quantitative estimate of drug-likeness (QED) is 0.0171. The number of amides is 3. The molecule has 0 aliphatic heterocycles. The van der Waals surface area contributed by atoms with Crippen LogP contribution in [0.1, 0.15) is 86.6 Å². The van der Waals surface area contributed by atoms with Gasteiger partial charge in [-0.05, 0) is 89.6 Å². The minimum atomic E-state index is -1.08. The van der Waals surface area contributed by atoms with Crippen molar-refractivity contribution in [3.63, 3.8) is 0 Å². The molecule has 0 radical (unpaired) electrons. The molecule has 18 heteroatoms. The van der Waals surface area contributed by atoms with Crippen LogP contribution >= 0.6 is 27.0 Å². The van der Waals surface area contributed by atoms with E-state index in [0.29, 0.717) is 50.0 Å². The minimum Gasteiger partial charge on any atom is -1.00 e. The topological polar surface area (TPSA) is 226 Å². The molecule has 71 heavy (non-hydrogen) atoms. The first kappa shape index (κ1) is 67.7. The van der Waals surface area contributed by atoms with E-state index in [1.165, 1.54) is 0 Å². The van der Waals surface area contributed by atoms with Gasteiger partial charge in [0.15, 0.2) is 6.61 Å². The van der Waals surface area contributed by atoms with Crippen LogP contribution in [-0.2, 0) is 30.5 Å². The Balaban J connectivity index is 0. The summed E-state index contributed by atoms with van der Waals surface area (Å²) in [6.45, 7) is 9.06. The van der Waals surface area contributed by atoms with E-state index >= 15 is 0 Å². The predicted octanol–water partition coefficient (Wildman–Crippen LogP) is -0.630. The van der Waals surface area contributed by atoms with Crippen molar-refractivity contribution in [2.75, 3.05) is 26.3 Å². The number of unbranched alkanes of at least 4 members (excludes halogenated alkanes) is 1. The van der Waals surface area contributed by atoms with Crippen LogP contribution in [0.5, 0.6) is 11.5 Å². The van der Waals surface area contributed by atoms with Crippen LogP contribution in [0.4, 0.5) is 0 Å². The van der Waals surface area contributed by atoms with Crippen molar-refractivity contribution < 1.29 is 68.9 Å². The van der Waals surface area contributed by atoms with E-state index in [9.17, 15) is 19.2 Å². The number of hydrogen-bond acceptors (Lipinski definition) is 7. The zero-order valence-corrected chi connectivity index (χ0v) is 43.5. The third-order valence-corrected chi connectivity index (χ3v) is 11.1. The maximum absolute atomic E-state index is 14.2. The highest BCUT2D eigenvalue weighted by molar-refractivity contribution is 7.59. The number of nitrogens with one attached hydrogen (secondary N) is 4. The van der Waals surface area contributed by atoms with Crippen molar-refractivity contribution in [2.24, 2.45) is 23.3 Å². The lowest BCUT2D eigenvalue weighted by Crippen LogP contribution is -3.00. The summed E-state index contributed by atoms with van der Waals surface area (Å²) in [5, 5.41) is 12.5. The number of guanidine groups is 1. The second-order valence-electron chi connectivity index (χ2n) is 17.0. The number of carbonyl (C=O) groups excluding carboxylic acids is 4. The molecule has 0 heterocycles. The average molecular weight is 1060 g/mol. The van der Waals surface area contributed by atoms with E-state index in [4.69, 9.17) is 25.7 Å². The maximum atomic E-state index is 14.2. The summed E-state index contributed by atoms with van der Waals surface area (Å²) in [5.74, 6) is -0.915. The molecule has 5 rings (SSSR count). The molecule has 0 saturated heterocycles. The molecule has 0 aliphatic carbocycles. The number of hydrogen-bond donors (Lipinski definition) is 7. The molecule has 394 valence electrons. The molecule has 3 atom stereocenters. The number of ether oxygens (including phenoxy) is 3. The average Bonchev–Trinajstić information content (AvgIpc) is 3.29. The van der Waals surface area contributed by atoms with E-state index in [2.05, 4.69) is 52.7 Å². The summed E-state index contributed by atoms with van der Waals surface area (Å²) >= 11 is 0. The first-order valence-corrected chi connectivity index (χ1v) is 22.7. The molecular formula is C53H79Cl2N7O7S2. The lowest BCUT2D eigenvalue weighted by atomic mass is 9.92. The van der Waals surface area contributed by atoms with E-state index < -0.39 is 48.4 Å². The Morgan fingerprint density at radius 2 is 1.15 bits per heavy atom. The second-order valence-corrected chi connectivity index (χ2v) is 17.0. The van der Waals surface area contributed by atoms with Gasteiger partial charge in [-0.25, -0.2) is 4.79 Å². The summed E-state index contributed by atoms with van der Waals surface area (Å²) in [6, 6.07) is 30.1. The smallest absolute Gasteiger partial charge is 0.338 e. The molecule has 0 aromatic heterocycles. The SMILES string of the molecule is C.C.CC(C)CCOc1ccc2ccccc2c1-c1c(OCC(=O)N[C@H](CCCC[NH3+])C(=O)N[C@H](CCC[NH+]=C(N)N)C(=O)N[C@H](C(=O)OCc2ccccc2)C(C)C)ccc2ccccc12.S.S.[Cl-].[Cl-]. The number of quaternary nitrogens is 1. The normalized spacial score (nSPS) is 11.5. The molecule has 11 N–H and O–H groups in total. The van der Waals surface area contributed by atoms with Gasteiger partial charge in [-0.3, -0.25) is 30.8 Å². The van der Waals surface area contributed by atoms with Gasteiger partial charge in [0.05, 0.1) is 19.7 Å². The number of fused-ring (bicyclic) bond motifs is 2. The van der Waals surface area contributed by atoms with Crippen LogP contribution in [0.2, 0.25) is 0 Å². The lowest BCUT2D eigenvalue weighted by Gasteiger charge is -2.26. The van der Waals surface area contributed by atoms with Crippen molar-refractivity contribution in [1.29, 1.82) is 0 Å². The van der Waals surface area contributed by atoms with Gasteiger partial charge >= 0.3 is 11.9 Å². The number of benzene rings is 5. The van der Waals surface area contributed by atoms with Gasteiger partial charge < -0.3 is 60.7 Å². The molecular weight excluding hydrogens is 982 g/mol. The Bertz CT molecular complexity index is 2410. The Kier molecular flexibility index (Phi) is 33.2. The van der Waals surface area contributed by atoms with E-state index in [1.807, 2.05) is 91.0 Å². The van der Waals surface area contributed by atoms with Gasteiger partial charge in [0.2, 0.25) is 11.8 Å². The van der Waals surface area contributed by atoms with Gasteiger partial charge in [-0.1, -0.05) is 134 Å². The number of carbonyl (C=O) groups is 4. The molecule has 0 fully saturated rings. The lowest BCUT2D eigenvalue weighted by molar-refractivity contribution is -0.459. The van der Waals surface area contributed by atoms with Gasteiger partial charge in [-0.15, -0.1) is 0 Å². The Labute approximate surface area is 447 Å². The summed E-state index contributed by atoms with van der Waals surface area (Å²) in [6.07, 6.45) is 3.04. The molecule has 14 nitrogen and oxygen atoms in total. The van der Waals surface area contributed by atoms with E-state index in [-0.39, 0.29) is 98.0 Å². The summed E-state index contributed by atoms with van der Waals surface area (Å²) < 4.78 is 18.5. The first-order chi connectivity index (χ1) is 31.4. The highest BCUT2D eigenvalue weighted by atomic mass is 35.5. The highest BCUT2D eigenvalue weighted by Crippen LogP contribution is 2.45. The highest BCUT2D eigenvalue weighted by Gasteiger charge is 2.32. The zero-order chi connectivity index (χ0) is 46.7. The molecule has 5 aromatic rings. The van der Waals surface area contributed by atoms with Crippen molar-refractivity contribution in [2.45, 2.75) is 106 Å². The van der Waals surface area contributed by atoms with E-state index in [1.54, 1.807) is 13.8 Å². The fraction of sp³-hybridized carbons (Fsp3) is 0.415. The minimum absolute atomic E-state index is 0. The van der Waals surface area contributed by atoms with Crippen LogP contribution in [0.15, 0.2) is 103 Å². The Morgan fingerprint density at radius 3 is 1.70 bits per heavy atom. The largest absolute Gasteiger partial charge is 1.00 e. The molecule has 5 aromatic carbocycles. The monoisotopic (exact) mass is 1060 g/mol. The van der Waals surface area contributed by atoms with Gasteiger partial charge in [0, 0.05) is 11.1 Å². The van der Waals surface area contributed by atoms with Crippen LogP contribution < -0.4 is 72.4 Å². The van der Waals surface area contributed by atoms with Crippen molar-refractivity contribution in [1.82, 2.24) is 16.0 Å². The van der Waals surface area contributed by atoms with Crippen molar-refractivity contribution in [3.05, 3.63) is 109 Å². The molecule has 0 unspecified atom stereocenters. The summed E-state index contributed by atoms with van der Waals surface area (Å²) in [4.78, 5) is 58.1. The van der Waals surface area contributed by atoms with Gasteiger partial charge in [0.1, 0.15) is 36.2 Å². The van der Waals surface area contributed by atoms with Crippen LogP contribution in [0.25, 0.3) is 32.7 Å². The van der Waals surface area contributed by atoms with Crippen LogP contribution in [0, 0.1) is 11.8 Å². The Hall–Kier alpha value is -5.39. The van der Waals surface area contributed by atoms with Crippen LogP contribution in [0.3, 0.4) is 0 Å². The Morgan fingerprint density at radius 1 is 0.634 bits per heavy atom. The molecule has 0 aliphatic rings. The number of halogens is 2. The molecule has 3 amide bonds. The standard InChI is InChI=1S/C51H65N7O7.2CH4.2ClH.2H2S/c1-33(2)27-30-63-42-25-23-36-17-8-10-19-38(36)45(42)46-39-20-11-9-18-37(39)24-26-43(46)64-32-44(59)56-40(21-12-13-28-52)48(60)57-41(22-14-29-55-51(53)54)49(61)58-47(34(3)4)50(62)65-31-35-15-6-5-7-16-35;;;;;;/h5-11,15-20,23-26,33-34,40-41,47H,12-14,21-22,27-32,52H2,1-4H3,(H,56,59)(H,57,60)(H,58,61)(H4,53,54,55);2*1H4;2*1H;2*1H2/t40-,41-,47+;;;;;;/m1....../s1. The fourth-order valence-corrected chi connectivity index (χ4v) is 7.49. The summed E-state index contributed by atoms with van der Waals surface area (Å²) in [7, 11) is 0. The molecule has 0 saturated carbocycles. The first-order valence-electron chi connectivity index (χ1n) is 22.7. The fourth-order valence-electron chi connectivity index (χ4n) is 7.49. The second kappa shape index (κ2) is 34.9. The third-order valence-electron chi connectivity index (χ3n) is 11.1. The zero-order valence-electron chi connectivity index (χ0n) is 40.0. The predicted molar refractivity (Wildman–Crippen MR) is 288 cm³/mol. The number of nitrogens with two attached hydrogens (primary N) is 2. The summed E-state index contributed by atoms with van der Waals surface area (Å²) in [5.41, 5.74) is 17.6. The van der Waals surface area contributed by atoms with Gasteiger partial charge in [0.25, 0.3) is 5.91 Å². The van der Waals surface area contributed by atoms with Crippen molar-refractivity contribution in [3.8, 4) is 22.6 Å². The molecule has 0 bridgehead atoms. The van der Waals surface area contributed by atoms with Gasteiger partial charge in [-0.2, -0.15) is 27.0 Å². The maximum Gasteiger partial charge on any atom is 0.338 e. The van der Waals surface area contributed by atoms with Crippen LogP contribution in [-0.4, -0.2) is 74.1 Å². The van der Waals surface area contributed by atoms with Crippen molar-refractivity contribution >= 4 is 78.2 Å². The van der Waals surface area contributed by atoms with E-state index in [0.717, 1.165) is 51.1 Å². The molecule has 0 spiro atoms. The third kappa shape index (κ3) is 20.7. The number of rotatable bonds is 25.